The molecule has 1 nitrogen and oxygen atoms in total. The van der Waals surface area contributed by atoms with Gasteiger partial charge in [0.15, 0.2) is 8.07 Å². The number of para-hydroxylation sites is 2. The summed E-state index contributed by atoms with van der Waals surface area (Å²) >= 11 is 0. The molecule has 0 atom stereocenters. The molecule has 0 aliphatic heterocycles. The summed E-state index contributed by atoms with van der Waals surface area (Å²) in [6.45, 7) is 0. The van der Waals surface area contributed by atoms with Crippen molar-refractivity contribution in [2.24, 2.45) is 0 Å². The average molecular weight is 462 g/mol. The molecule has 0 unspecified atom stereocenters. The van der Waals surface area contributed by atoms with Gasteiger partial charge in [-0.15, -0.1) is 0 Å². The highest BCUT2D eigenvalue weighted by atomic mass is 28.3. The molecule has 0 aliphatic carbocycles. The Morgan fingerprint density at radius 1 is 0.529 bits per heavy atom. The first-order valence-corrected chi connectivity index (χ1v) is 12.9. The van der Waals surface area contributed by atoms with Gasteiger partial charge in [0.05, 0.1) is 19.2 Å². The molecule has 0 fully saturated rings. The van der Waals surface area contributed by atoms with E-state index in [9.17, 15) is 1.37 Å². The van der Waals surface area contributed by atoms with E-state index >= 15 is 0 Å². The van der Waals surface area contributed by atoms with E-state index in [0.29, 0.717) is 5.19 Å². The van der Waals surface area contributed by atoms with Gasteiger partial charge < -0.3 is 4.57 Å². The third-order valence-corrected chi connectivity index (χ3v) is 10.8. The third-order valence-electron chi connectivity index (χ3n) is 6.07. The molecule has 1 heterocycles. The molecule has 6 rings (SSSR count). The van der Waals surface area contributed by atoms with Crippen molar-refractivity contribution in [3.05, 3.63) is 152 Å². The van der Waals surface area contributed by atoms with Crippen LogP contribution in [-0.2, 0) is 0 Å². The van der Waals surface area contributed by atoms with Crippen molar-refractivity contribution in [2.75, 3.05) is 0 Å². The molecule has 162 valence electrons. The SMILES string of the molecule is [2H]c1c([2H])c([2H])c(-n2c([2H])c([Si](c3ccccc3)(c3ccccc3)c3ccccc3)c3c([2H])c([2H])c([2H])c([2H])c32)c([2H])c1[2H]. The van der Waals surface area contributed by atoms with Gasteiger partial charge in [-0.3, -0.25) is 0 Å². The van der Waals surface area contributed by atoms with Crippen LogP contribution in [-0.4, -0.2) is 12.6 Å². The van der Waals surface area contributed by atoms with Gasteiger partial charge in [-0.25, -0.2) is 0 Å². The largest absolute Gasteiger partial charge is 0.317 e. The first-order chi connectivity index (χ1) is 21.0. The molecule has 0 spiro atoms. The maximum absolute atomic E-state index is 9.81. The molecule has 0 amide bonds. The van der Waals surface area contributed by atoms with E-state index in [1.165, 1.54) is 0 Å². The van der Waals surface area contributed by atoms with Crippen molar-refractivity contribution in [1.82, 2.24) is 4.57 Å². The van der Waals surface area contributed by atoms with Crippen LogP contribution in [0.1, 0.15) is 13.7 Å². The van der Waals surface area contributed by atoms with Crippen molar-refractivity contribution < 1.29 is 13.7 Å². The van der Waals surface area contributed by atoms with Gasteiger partial charge in [0.1, 0.15) is 0 Å². The zero-order valence-electron chi connectivity index (χ0n) is 28.1. The lowest BCUT2D eigenvalue weighted by atomic mass is 10.2. The van der Waals surface area contributed by atoms with Gasteiger partial charge in [0.2, 0.25) is 0 Å². The van der Waals surface area contributed by atoms with Gasteiger partial charge in [0.25, 0.3) is 0 Å². The summed E-state index contributed by atoms with van der Waals surface area (Å²) in [6.07, 6.45) is -0.270. The highest BCUT2D eigenvalue weighted by molar-refractivity contribution is 7.20. The molecular formula is C32H25NSi. The van der Waals surface area contributed by atoms with Crippen LogP contribution in [0.5, 0.6) is 0 Å². The highest BCUT2D eigenvalue weighted by Gasteiger charge is 2.43. The Hall–Kier alpha value is -4.14. The first kappa shape index (κ1) is 12.4. The number of hydrogen-bond donors (Lipinski definition) is 0. The van der Waals surface area contributed by atoms with Crippen LogP contribution in [0.15, 0.2) is 152 Å². The summed E-state index contributed by atoms with van der Waals surface area (Å²) in [5, 5.41) is 2.95. The summed E-state index contributed by atoms with van der Waals surface area (Å²) in [6, 6.07) is 23.8. The maximum atomic E-state index is 9.81. The minimum Gasteiger partial charge on any atom is -0.317 e. The van der Waals surface area contributed by atoms with E-state index in [0.717, 1.165) is 20.1 Å². The summed E-state index contributed by atoms with van der Waals surface area (Å²) in [7, 11) is -3.60. The Morgan fingerprint density at radius 2 is 1.00 bits per heavy atom. The number of nitrogens with zero attached hydrogens (tertiary/aromatic N) is 1. The Bertz CT molecular complexity index is 1940. The molecule has 2 heteroatoms. The van der Waals surface area contributed by atoms with E-state index in [4.69, 9.17) is 12.3 Å². The number of hydrogen-bond acceptors (Lipinski definition) is 0. The fraction of sp³-hybridized carbons (Fsp3) is 0. The monoisotopic (exact) mass is 461 g/mol. The zero-order chi connectivity index (χ0) is 31.5. The van der Waals surface area contributed by atoms with Gasteiger partial charge in [-0.05, 0) is 38.9 Å². The van der Waals surface area contributed by atoms with Crippen molar-refractivity contribution in [3.63, 3.8) is 0 Å². The summed E-state index contributed by atoms with van der Waals surface area (Å²) < 4.78 is 88.6. The van der Waals surface area contributed by atoms with Gasteiger partial charge in [0, 0.05) is 17.2 Å². The lowest BCUT2D eigenvalue weighted by Gasteiger charge is -2.33. The summed E-state index contributed by atoms with van der Waals surface area (Å²) in [4.78, 5) is 0. The van der Waals surface area contributed by atoms with Gasteiger partial charge in [-0.1, -0.05) is 127 Å². The summed E-state index contributed by atoms with van der Waals surface area (Å²) in [5.41, 5.74) is -0.464. The van der Waals surface area contributed by atoms with E-state index in [1.807, 2.05) is 91.0 Å². The molecule has 1 aromatic heterocycles. The molecule has 0 saturated carbocycles. The van der Waals surface area contributed by atoms with Crippen LogP contribution < -0.4 is 20.7 Å². The zero-order valence-corrected chi connectivity index (χ0v) is 19.1. The minimum atomic E-state index is -3.60. The van der Waals surface area contributed by atoms with Gasteiger partial charge >= 0.3 is 0 Å². The highest BCUT2D eigenvalue weighted by Crippen LogP contribution is 2.22. The van der Waals surface area contributed by atoms with Crippen LogP contribution >= 0.6 is 0 Å². The van der Waals surface area contributed by atoms with Crippen molar-refractivity contribution in [3.8, 4) is 5.69 Å². The van der Waals surface area contributed by atoms with Crippen LogP contribution in [0.25, 0.3) is 16.6 Å². The fourth-order valence-corrected chi connectivity index (χ4v) is 9.45. The number of rotatable bonds is 5. The maximum Gasteiger partial charge on any atom is 0.181 e. The van der Waals surface area contributed by atoms with Crippen molar-refractivity contribution in [2.45, 2.75) is 0 Å². The Morgan fingerprint density at radius 3 is 1.53 bits per heavy atom. The van der Waals surface area contributed by atoms with Crippen LogP contribution in [0.4, 0.5) is 0 Å². The summed E-state index contributed by atoms with van der Waals surface area (Å²) in [5.74, 6) is 0. The predicted octanol–water partition coefficient (Wildman–Crippen LogP) is 5.01. The molecule has 0 saturated heterocycles. The van der Waals surface area contributed by atoms with E-state index in [-0.39, 0.29) is 28.8 Å². The topological polar surface area (TPSA) is 4.93 Å². The fourth-order valence-electron chi connectivity index (χ4n) is 4.67. The lowest BCUT2D eigenvalue weighted by molar-refractivity contribution is 1.13. The van der Waals surface area contributed by atoms with E-state index < -0.39 is 56.4 Å². The number of aromatic nitrogens is 1. The molecule has 34 heavy (non-hydrogen) atoms. The minimum absolute atomic E-state index is 0.0797. The van der Waals surface area contributed by atoms with Crippen molar-refractivity contribution >= 4 is 39.7 Å². The molecule has 0 aliphatic rings. The first-order valence-electron chi connectivity index (χ1n) is 15.9. The smallest absolute Gasteiger partial charge is 0.181 e. The van der Waals surface area contributed by atoms with Crippen LogP contribution in [0.3, 0.4) is 0 Å². The third kappa shape index (κ3) is 3.23. The van der Waals surface area contributed by atoms with Crippen LogP contribution in [0, 0.1) is 0 Å². The molecule has 0 bridgehead atoms. The normalized spacial score (nSPS) is 15.6. The molecule has 0 N–H and O–H groups in total. The molecule has 0 radical (unpaired) electrons. The van der Waals surface area contributed by atoms with E-state index in [2.05, 4.69) is 0 Å². The van der Waals surface area contributed by atoms with Crippen molar-refractivity contribution in [1.29, 1.82) is 0 Å². The number of benzene rings is 5. The second-order valence-corrected chi connectivity index (χ2v) is 11.6. The molecule has 5 aromatic carbocycles. The predicted molar refractivity (Wildman–Crippen MR) is 147 cm³/mol. The second kappa shape index (κ2) is 8.66. The standard InChI is InChI=1S/C32H25NSi/c1-5-15-26(16-6-1)33-25-32(30-23-13-14-24-31(30)33)34(27-17-7-2-8-18-27,28-19-9-3-10-20-28)29-21-11-4-12-22-29/h1-25H/i1D,5D,6D,13D,14D,15D,16D,23D,24D,25D. The Kier molecular flexibility index (Phi) is 3.15. The Balaban J connectivity index is 1.97. The molecule has 6 aromatic rings. The molecular weight excluding hydrogens is 426 g/mol. The van der Waals surface area contributed by atoms with Gasteiger partial charge in [-0.2, -0.15) is 0 Å². The lowest BCUT2D eigenvalue weighted by Crippen LogP contribution is -2.74. The average Bonchev–Trinajstić information content (AvgIpc) is 3.35. The Labute approximate surface area is 215 Å². The number of fused-ring (bicyclic) bond motifs is 1. The van der Waals surface area contributed by atoms with Crippen LogP contribution in [0.2, 0.25) is 0 Å². The van der Waals surface area contributed by atoms with E-state index in [1.54, 1.807) is 0 Å². The second-order valence-electron chi connectivity index (χ2n) is 7.87. The quantitative estimate of drug-likeness (QED) is 0.251.